The summed E-state index contributed by atoms with van der Waals surface area (Å²) in [5.74, 6) is 1.37. The maximum Gasteiger partial charge on any atom is 0.343 e. The van der Waals surface area contributed by atoms with E-state index in [4.69, 9.17) is 27.7 Å². The van der Waals surface area contributed by atoms with Gasteiger partial charge in [-0.1, -0.05) is 12.8 Å². The minimum absolute atomic E-state index is 0.138. The molecule has 2 rings (SSSR count). The van der Waals surface area contributed by atoms with E-state index in [0.717, 1.165) is 13.0 Å². The molecule has 1 aliphatic heterocycles. The summed E-state index contributed by atoms with van der Waals surface area (Å²) in [5.41, 5.74) is 0. The van der Waals surface area contributed by atoms with Gasteiger partial charge in [0.1, 0.15) is 0 Å². The lowest BCUT2D eigenvalue weighted by atomic mass is 9.87. The van der Waals surface area contributed by atoms with Gasteiger partial charge < -0.3 is 4.52 Å². The second-order valence-corrected chi connectivity index (χ2v) is 7.79. The average Bonchev–Trinajstić information content (AvgIpc) is 2.38. The van der Waals surface area contributed by atoms with Crippen molar-refractivity contribution < 1.29 is 9.09 Å². The van der Waals surface area contributed by atoms with Crippen molar-refractivity contribution >= 4 is 30.9 Å². The van der Waals surface area contributed by atoms with E-state index in [1.54, 1.807) is 4.67 Å². The quantitative estimate of drug-likeness (QED) is 0.625. The first-order valence-corrected chi connectivity index (χ1v) is 9.25. The van der Waals surface area contributed by atoms with E-state index < -0.39 is 7.67 Å². The van der Waals surface area contributed by atoms with Gasteiger partial charge in [-0.15, -0.1) is 23.2 Å². The molecular weight excluding hydrogens is 294 g/mol. The molecule has 1 N–H and O–H groups in total. The fourth-order valence-corrected chi connectivity index (χ4v) is 5.62. The third-order valence-corrected chi connectivity index (χ3v) is 6.35. The van der Waals surface area contributed by atoms with Crippen molar-refractivity contribution in [3.05, 3.63) is 0 Å². The lowest BCUT2D eigenvalue weighted by Crippen LogP contribution is -2.45. The van der Waals surface area contributed by atoms with Crippen LogP contribution >= 0.6 is 30.9 Å². The van der Waals surface area contributed by atoms with Crippen LogP contribution in [0.1, 0.15) is 25.7 Å². The maximum absolute atomic E-state index is 12.8. The Labute approximate surface area is 119 Å². The molecule has 1 saturated heterocycles. The van der Waals surface area contributed by atoms with Crippen LogP contribution in [-0.2, 0) is 9.09 Å². The zero-order valence-electron chi connectivity index (χ0n) is 10.5. The van der Waals surface area contributed by atoms with E-state index in [0.29, 0.717) is 30.8 Å². The van der Waals surface area contributed by atoms with Crippen molar-refractivity contribution in [3.8, 4) is 0 Å². The van der Waals surface area contributed by atoms with Gasteiger partial charge in [0, 0.05) is 31.4 Å². The maximum atomic E-state index is 12.8. The van der Waals surface area contributed by atoms with Gasteiger partial charge in [-0.05, 0) is 18.8 Å². The molecule has 18 heavy (non-hydrogen) atoms. The van der Waals surface area contributed by atoms with Crippen LogP contribution in [0.15, 0.2) is 0 Å². The second kappa shape index (κ2) is 6.92. The highest BCUT2D eigenvalue weighted by Gasteiger charge is 2.42. The van der Waals surface area contributed by atoms with Crippen LogP contribution in [0.25, 0.3) is 0 Å². The minimum atomic E-state index is -2.93. The number of rotatable bonds is 5. The molecule has 0 radical (unpaired) electrons. The SMILES string of the molecule is O=[P@]1(N(CCCl)CCCl)NC[C@@H]2CCCC[C@@H]2O1. The summed E-state index contributed by atoms with van der Waals surface area (Å²) >= 11 is 11.5. The van der Waals surface area contributed by atoms with Crippen LogP contribution in [-0.4, -0.2) is 42.2 Å². The zero-order chi connectivity index (χ0) is 13.0. The number of nitrogens with zero attached hydrogens (tertiary/aromatic N) is 1. The van der Waals surface area contributed by atoms with Crippen molar-refractivity contribution in [1.29, 1.82) is 0 Å². The van der Waals surface area contributed by atoms with Crippen LogP contribution in [0, 0.1) is 5.92 Å². The topological polar surface area (TPSA) is 41.6 Å². The van der Waals surface area contributed by atoms with Gasteiger partial charge in [0.25, 0.3) is 0 Å². The van der Waals surface area contributed by atoms with Crippen molar-refractivity contribution in [3.63, 3.8) is 0 Å². The molecule has 2 fully saturated rings. The Morgan fingerprint density at radius 1 is 1.22 bits per heavy atom. The third-order valence-electron chi connectivity index (χ3n) is 3.73. The van der Waals surface area contributed by atoms with E-state index >= 15 is 0 Å². The summed E-state index contributed by atoms with van der Waals surface area (Å²) in [6, 6.07) is 0. The predicted octanol–water partition coefficient (Wildman–Crippen LogP) is 3.05. The van der Waals surface area contributed by atoms with Gasteiger partial charge in [0.05, 0.1) is 6.10 Å². The predicted molar refractivity (Wildman–Crippen MR) is 75.5 cm³/mol. The molecule has 106 valence electrons. The molecule has 0 aromatic rings. The molecule has 0 spiro atoms. The van der Waals surface area contributed by atoms with Crippen LogP contribution in [0.3, 0.4) is 0 Å². The third kappa shape index (κ3) is 3.41. The molecule has 0 bridgehead atoms. The summed E-state index contributed by atoms with van der Waals surface area (Å²) in [7, 11) is -2.93. The van der Waals surface area contributed by atoms with E-state index in [1.165, 1.54) is 19.3 Å². The first kappa shape index (κ1) is 15.1. The van der Waals surface area contributed by atoms with Crippen molar-refractivity contribution in [2.75, 3.05) is 31.4 Å². The molecule has 2 aliphatic rings. The number of hydrogen-bond acceptors (Lipinski definition) is 2. The highest BCUT2D eigenvalue weighted by Crippen LogP contribution is 2.53. The average molecular weight is 315 g/mol. The standard InChI is InChI=1S/C11H21Cl2N2O2P/c12-5-7-15(8-6-13)18(16)14-9-10-3-1-2-4-11(10)17-18/h10-11H,1-9H2,(H,14,16)/t10-,11-,18+/m0/s1. The number of halogens is 2. The zero-order valence-corrected chi connectivity index (χ0v) is 12.9. The molecule has 1 aliphatic carbocycles. The fourth-order valence-electron chi connectivity index (χ4n) is 2.74. The van der Waals surface area contributed by atoms with Gasteiger partial charge in [-0.25, -0.2) is 9.76 Å². The molecule has 3 atom stereocenters. The Kier molecular flexibility index (Phi) is 5.80. The van der Waals surface area contributed by atoms with Crippen molar-refractivity contribution in [1.82, 2.24) is 9.76 Å². The Bertz CT molecular complexity index is 313. The summed E-state index contributed by atoms with van der Waals surface area (Å²) in [6.07, 6.45) is 4.75. The highest BCUT2D eigenvalue weighted by molar-refractivity contribution is 7.54. The molecule has 7 heteroatoms. The Morgan fingerprint density at radius 2 is 1.89 bits per heavy atom. The molecule has 0 aromatic carbocycles. The number of alkyl halides is 2. The van der Waals surface area contributed by atoms with E-state index in [2.05, 4.69) is 5.09 Å². The monoisotopic (exact) mass is 314 g/mol. The number of hydrogen-bond donors (Lipinski definition) is 1. The molecular formula is C11H21Cl2N2O2P. The van der Waals surface area contributed by atoms with Crippen LogP contribution in [0.2, 0.25) is 0 Å². The van der Waals surface area contributed by atoms with Gasteiger partial charge in [-0.3, -0.25) is 4.57 Å². The Morgan fingerprint density at radius 3 is 2.56 bits per heavy atom. The van der Waals surface area contributed by atoms with Gasteiger partial charge in [0.2, 0.25) is 0 Å². The summed E-state index contributed by atoms with van der Waals surface area (Å²) < 4.78 is 20.5. The molecule has 4 nitrogen and oxygen atoms in total. The first-order chi connectivity index (χ1) is 8.69. The highest BCUT2D eigenvalue weighted by atomic mass is 35.5. The normalized spacial score (nSPS) is 36.6. The van der Waals surface area contributed by atoms with Gasteiger partial charge in [0.15, 0.2) is 0 Å². The summed E-state index contributed by atoms with van der Waals surface area (Å²) in [4.78, 5) is 0. The first-order valence-electron chi connectivity index (χ1n) is 6.60. The summed E-state index contributed by atoms with van der Waals surface area (Å²) in [6.45, 7) is 1.86. The summed E-state index contributed by atoms with van der Waals surface area (Å²) in [5, 5.41) is 3.11. The van der Waals surface area contributed by atoms with Crippen LogP contribution in [0.5, 0.6) is 0 Å². The molecule has 0 aromatic heterocycles. The fraction of sp³-hybridized carbons (Fsp3) is 1.00. The second-order valence-electron chi connectivity index (χ2n) is 4.90. The Balaban J connectivity index is 2.03. The Hall–Kier alpha value is 0.690. The lowest BCUT2D eigenvalue weighted by Gasteiger charge is -2.42. The largest absolute Gasteiger partial charge is 0.343 e. The molecule has 1 heterocycles. The van der Waals surface area contributed by atoms with Crippen LogP contribution in [0.4, 0.5) is 0 Å². The van der Waals surface area contributed by atoms with Gasteiger partial charge >= 0.3 is 7.67 Å². The van der Waals surface area contributed by atoms with E-state index in [1.807, 2.05) is 0 Å². The molecule has 0 unspecified atom stereocenters. The molecule has 0 amide bonds. The van der Waals surface area contributed by atoms with Crippen LogP contribution < -0.4 is 5.09 Å². The smallest absolute Gasteiger partial charge is 0.302 e. The van der Waals surface area contributed by atoms with E-state index in [9.17, 15) is 4.57 Å². The lowest BCUT2D eigenvalue weighted by molar-refractivity contribution is 0.0625. The minimum Gasteiger partial charge on any atom is -0.302 e. The van der Waals surface area contributed by atoms with Crippen molar-refractivity contribution in [2.24, 2.45) is 5.92 Å². The molecule has 1 saturated carbocycles. The number of fused-ring (bicyclic) bond motifs is 1. The van der Waals surface area contributed by atoms with Crippen molar-refractivity contribution in [2.45, 2.75) is 31.8 Å². The van der Waals surface area contributed by atoms with E-state index in [-0.39, 0.29) is 6.10 Å². The number of nitrogens with one attached hydrogen (secondary N) is 1. The van der Waals surface area contributed by atoms with Gasteiger partial charge in [-0.2, -0.15) is 0 Å².